The zero-order valence-corrected chi connectivity index (χ0v) is 16.2. The predicted molar refractivity (Wildman–Crippen MR) is 106 cm³/mol. The van der Waals surface area contributed by atoms with Gasteiger partial charge >= 0.3 is 0 Å². The van der Waals surface area contributed by atoms with Crippen LogP contribution in [0.1, 0.15) is 64.2 Å². The third kappa shape index (κ3) is 3.01. The van der Waals surface area contributed by atoms with Crippen LogP contribution in [-0.2, 0) is 0 Å². The minimum atomic E-state index is -0.638. The Morgan fingerprint density at radius 1 is 1.15 bits per heavy atom. The van der Waals surface area contributed by atoms with Crippen LogP contribution in [0.4, 0.5) is 14.5 Å². The molecule has 4 rings (SSSR count). The third-order valence-corrected chi connectivity index (χ3v) is 5.37. The maximum Gasteiger partial charge on any atom is 0.168 e. The Morgan fingerprint density at radius 3 is 2.67 bits per heavy atom. The summed E-state index contributed by atoms with van der Waals surface area (Å²) >= 11 is 0. The molecule has 0 spiro atoms. The molecule has 1 N–H and O–H groups in total. The SMILES string of the molecule is CCCCC1Oc2c(F)cc(F)cc2-c2ccc3c(c21)C(C)=CC(C)(C)N3. The van der Waals surface area contributed by atoms with Crippen molar-refractivity contribution in [3.8, 4) is 16.9 Å². The van der Waals surface area contributed by atoms with Crippen molar-refractivity contribution in [3.05, 3.63) is 53.1 Å². The highest BCUT2D eigenvalue weighted by Gasteiger charge is 2.34. The van der Waals surface area contributed by atoms with Gasteiger partial charge in [-0.2, -0.15) is 0 Å². The van der Waals surface area contributed by atoms with Gasteiger partial charge < -0.3 is 10.1 Å². The molecule has 4 heteroatoms. The van der Waals surface area contributed by atoms with E-state index in [2.05, 4.69) is 39.1 Å². The van der Waals surface area contributed by atoms with Crippen LogP contribution >= 0.6 is 0 Å². The quantitative estimate of drug-likeness (QED) is 0.638. The van der Waals surface area contributed by atoms with Crippen LogP contribution in [0.5, 0.6) is 5.75 Å². The molecule has 2 aliphatic heterocycles. The zero-order valence-electron chi connectivity index (χ0n) is 16.2. The second kappa shape index (κ2) is 6.36. The van der Waals surface area contributed by atoms with Crippen molar-refractivity contribution in [2.45, 2.75) is 58.6 Å². The van der Waals surface area contributed by atoms with Gasteiger partial charge in [0.2, 0.25) is 0 Å². The number of ether oxygens (including phenoxy) is 1. The highest BCUT2D eigenvalue weighted by Crippen LogP contribution is 2.51. The first kappa shape index (κ1) is 18.0. The molecule has 2 aliphatic rings. The second-order valence-corrected chi connectivity index (χ2v) is 8.14. The summed E-state index contributed by atoms with van der Waals surface area (Å²) < 4.78 is 34.5. The summed E-state index contributed by atoms with van der Waals surface area (Å²) in [4.78, 5) is 0. The van der Waals surface area contributed by atoms with Gasteiger partial charge in [-0.05, 0) is 56.9 Å². The van der Waals surface area contributed by atoms with Crippen LogP contribution in [0.25, 0.3) is 16.7 Å². The first-order valence-electron chi connectivity index (χ1n) is 9.61. The molecule has 0 bridgehead atoms. The fourth-order valence-corrected chi connectivity index (χ4v) is 4.39. The molecule has 2 nitrogen and oxygen atoms in total. The Kier molecular flexibility index (Phi) is 4.25. The normalized spacial score (nSPS) is 19.2. The summed E-state index contributed by atoms with van der Waals surface area (Å²) in [6.45, 7) is 8.48. The van der Waals surface area contributed by atoms with Crippen molar-refractivity contribution in [3.63, 3.8) is 0 Å². The van der Waals surface area contributed by atoms with E-state index in [0.717, 1.165) is 53.3 Å². The molecule has 2 aromatic carbocycles. The van der Waals surface area contributed by atoms with Gasteiger partial charge in [-0.15, -0.1) is 0 Å². The molecule has 1 unspecified atom stereocenters. The lowest BCUT2D eigenvalue weighted by Gasteiger charge is -2.37. The molecule has 0 saturated heterocycles. The fourth-order valence-electron chi connectivity index (χ4n) is 4.39. The largest absolute Gasteiger partial charge is 0.482 e. The van der Waals surface area contributed by atoms with Crippen LogP contribution in [0.3, 0.4) is 0 Å². The van der Waals surface area contributed by atoms with Crippen LogP contribution in [0, 0.1) is 11.6 Å². The van der Waals surface area contributed by atoms with E-state index < -0.39 is 11.6 Å². The molecular formula is C23H25F2NO. The number of benzene rings is 2. The van der Waals surface area contributed by atoms with E-state index in [9.17, 15) is 8.78 Å². The molecule has 2 aromatic rings. The number of nitrogens with one attached hydrogen (secondary N) is 1. The second-order valence-electron chi connectivity index (χ2n) is 8.14. The van der Waals surface area contributed by atoms with Gasteiger partial charge in [0.05, 0.1) is 5.54 Å². The van der Waals surface area contributed by atoms with Crippen molar-refractivity contribution in [1.82, 2.24) is 0 Å². The molecule has 0 radical (unpaired) electrons. The minimum Gasteiger partial charge on any atom is -0.482 e. The molecular weight excluding hydrogens is 344 g/mol. The Bertz CT molecular complexity index is 946. The molecule has 2 heterocycles. The summed E-state index contributed by atoms with van der Waals surface area (Å²) in [5.41, 5.74) is 5.56. The molecule has 142 valence electrons. The maximum absolute atomic E-state index is 14.5. The predicted octanol–water partition coefficient (Wildman–Crippen LogP) is 6.86. The molecule has 0 aromatic heterocycles. The highest BCUT2D eigenvalue weighted by atomic mass is 19.1. The van der Waals surface area contributed by atoms with Gasteiger partial charge in [0, 0.05) is 28.4 Å². The number of hydrogen-bond acceptors (Lipinski definition) is 2. The Labute approximate surface area is 159 Å². The summed E-state index contributed by atoms with van der Waals surface area (Å²) in [5, 5.41) is 3.56. The number of anilines is 1. The summed E-state index contributed by atoms with van der Waals surface area (Å²) in [5.74, 6) is -1.06. The molecule has 27 heavy (non-hydrogen) atoms. The minimum absolute atomic E-state index is 0.143. The Morgan fingerprint density at radius 2 is 1.93 bits per heavy atom. The maximum atomic E-state index is 14.5. The van der Waals surface area contributed by atoms with Gasteiger partial charge in [-0.25, -0.2) is 8.78 Å². The van der Waals surface area contributed by atoms with Crippen LogP contribution < -0.4 is 10.1 Å². The van der Waals surface area contributed by atoms with Crippen molar-refractivity contribution in [2.24, 2.45) is 0 Å². The molecule has 0 fully saturated rings. The molecule has 0 saturated carbocycles. The standard InChI is InChI=1S/C23H25F2NO/c1-5-6-7-19-21-15(16-10-14(24)11-17(25)22(16)27-19)8-9-18-20(21)13(2)12-23(3,4)26-18/h8-12,19,26H,5-7H2,1-4H3. The number of halogens is 2. The highest BCUT2D eigenvalue weighted by molar-refractivity contribution is 5.89. The van der Waals surface area contributed by atoms with Crippen molar-refractivity contribution < 1.29 is 13.5 Å². The van der Waals surface area contributed by atoms with Gasteiger partial charge in [0.25, 0.3) is 0 Å². The number of allylic oxidation sites excluding steroid dienone is 1. The van der Waals surface area contributed by atoms with Crippen molar-refractivity contribution in [1.29, 1.82) is 0 Å². The van der Waals surface area contributed by atoms with Crippen molar-refractivity contribution in [2.75, 3.05) is 5.32 Å². The van der Waals surface area contributed by atoms with Gasteiger partial charge in [-0.1, -0.05) is 25.5 Å². The van der Waals surface area contributed by atoms with Crippen LogP contribution in [-0.4, -0.2) is 5.54 Å². The third-order valence-electron chi connectivity index (χ3n) is 5.37. The lowest BCUT2D eigenvalue weighted by atomic mass is 9.81. The monoisotopic (exact) mass is 369 g/mol. The summed E-state index contributed by atoms with van der Waals surface area (Å²) in [7, 11) is 0. The van der Waals surface area contributed by atoms with Gasteiger partial charge in [0.15, 0.2) is 11.6 Å². The fraction of sp³-hybridized carbons (Fsp3) is 0.391. The topological polar surface area (TPSA) is 21.3 Å². The number of hydrogen-bond donors (Lipinski definition) is 1. The molecule has 1 atom stereocenters. The van der Waals surface area contributed by atoms with E-state index in [1.54, 1.807) is 0 Å². The summed E-state index contributed by atoms with van der Waals surface area (Å²) in [6, 6.07) is 6.25. The summed E-state index contributed by atoms with van der Waals surface area (Å²) in [6.07, 6.45) is 4.77. The van der Waals surface area contributed by atoms with Crippen LogP contribution in [0.2, 0.25) is 0 Å². The van der Waals surface area contributed by atoms with E-state index in [4.69, 9.17) is 4.74 Å². The molecule has 0 amide bonds. The number of rotatable bonds is 3. The first-order valence-corrected chi connectivity index (χ1v) is 9.61. The van der Waals surface area contributed by atoms with E-state index in [1.807, 2.05) is 12.1 Å². The van der Waals surface area contributed by atoms with E-state index in [0.29, 0.717) is 5.56 Å². The van der Waals surface area contributed by atoms with E-state index >= 15 is 0 Å². The Balaban J connectivity index is 1.98. The van der Waals surface area contributed by atoms with Crippen LogP contribution in [0.15, 0.2) is 30.3 Å². The first-order chi connectivity index (χ1) is 12.8. The van der Waals surface area contributed by atoms with E-state index in [1.165, 1.54) is 6.07 Å². The average Bonchev–Trinajstić information content (AvgIpc) is 2.58. The zero-order chi connectivity index (χ0) is 19.3. The lowest BCUT2D eigenvalue weighted by Crippen LogP contribution is -2.32. The van der Waals surface area contributed by atoms with Gasteiger partial charge in [-0.3, -0.25) is 0 Å². The van der Waals surface area contributed by atoms with Gasteiger partial charge in [0.1, 0.15) is 11.9 Å². The Hall–Kier alpha value is -2.36. The lowest BCUT2D eigenvalue weighted by molar-refractivity contribution is 0.179. The number of unbranched alkanes of at least 4 members (excludes halogenated alkanes) is 1. The average molecular weight is 369 g/mol. The smallest absolute Gasteiger partial charge is 0.168 e. The van der Waals surface area contributed by atoms with E-state index in [-0.39, 0.29) is 17.4 Å². The van der Waals surface area contributed by atoms with Crippen molar-refractivity contribution >= 4 is 11.3 Å². The molecule has 0 aliphatic carbocycles. The number of fused-ring (bicyclic) bond motifs is 5.